The van der Waals surface area contributed by atoms with E-state index >= 15 is 0 Å². The Hall–Kier alpha value is -1.62. The van der Waals surface area contributed by atoms with E-state index in [1.54, 1.807) is 12.1 Å². The minimum absolute atomic E-state index is 0.0702. The SMILES string of the molecule is CCC(CC)(CN)CNC(=O)Nc1cccc(F)c1. The number of hydrogen-bond donors (Lipinski definition) is 3. The van der Waals surface area contributed by atoms with Crippen LogP contribution in [0.4, 0.5) is 14.9 Å². The first-order valence-corrected chi connectivity index (χ1v) is 6.55. The van der Waals surface area contributed by atoms with Crippen LogP contribution in [0, 0.1) is 11.2 Å². The van der Waals surface area contributed by atoms with E-state index in [0.717, 1.165) is 12.8 Å². The van der Waals surface area contributed by atoms with Crippen molar-refractivity contribution in [2.24, 2.45) is 11.1 Å². The molecule has 0 aromatic heterocycles. The normalized spacial score (nSPS) is 11.2. The monoisotopic (exact) mass is 267 g/mol. The van der Waals surface area contributed by atoms with Crippen LogP contribution in [-0.2, 0) is 0 Å². The van der Waals surface area contributed by atoms with E-state index in [-0.39, 0.29) is 17.3 Å². The first-order chi connectivity index (χ1) is 9.05. The van der Waals surface area contributed by atoms with E-state index < -0.39 is 0 Å². The Bertz CT molecular complexity index is 411. The average Bonchev–Trinajstić information content (AvgIpc) is 2.41. The van der Waals surface area contributed by atoms with Crippen LogP contribution in [0.3, 0.4) is 0 Å². The summed E-state index contributed by atoms with van der Waals surface area (Å²) in [5.74, 6) is -0.378. The maximum absolute atomic E-state index is 13.0. The Balaban J connectivity index is 2.52. The van der Waals surface area contributed by atoms with E-state index in [1.807, 2.05) is 0 Å². The fourth-order valence-electron chi connectivity index (χ4n) is 1.87. The lowest BCUT2D eigenvalue weighted by atomic mass is 9.82. The first kappa shape index (κ1) is 15.4. The molecular weight excluding hydrogens is 245 g/mol. The molecule has 0 aliphatic carbocycles. The van der Waals surface area contributed by atoms with Crippen LogP contribution in [0.1, 0.15) is 26.7 Å². The lowest BCUT2D eigenvalue weighted by Gasteiger charge is -2.30. The van der Waals surface area contributed by atoms with Crippen molar-refractivity contribution in [2.45, 2.75) is 26.7 Å². The molecule has 1 aromatic rings. The molecule has 0 saturated carbocycles. The number of anilines is 1. The highest BCUT2D eigenvalue weighted by Crippen LogP contribution is 2.23. The van der Waals surface area contributed by atoms with E-state index in [9.17, 15) is 9.18 Å². The molecule has 106 valence electrons. The Morgan fingerprint density at radius 1 is 1.37 bits per heavy atom. The number of rotatable bonds is 6. The second-order valence-electron chi connectivity index (χ2n) is 4.73. The predicted molar refractivity (Wildman–Crippen MR) is 75.5 cm³/mol. The molecule has 4 nitrogen and oxygen atoms in total. The van der Waals surface area contributed by atoms with Crippen LogP contribution < -0.4 is 16.4 Å². The van der Waals surface area contributed by atoms with Crippen molar-refractivity contribution in [1.29, 1.82) is 0 Å². The van der Waals surface area contributed by atoms with Gasteiger partial charge in [-0.25, -0.2) is 9.18 Å². The third-order valence-electron chi connectivity index (χ3n) is 3.64. The van der Waals surface area contributed by atoms with Gasteiger partial charge in [-0.1, -0.05) is 19.9 Å². The number of amides is 2. The lowest BCUT2D eigenvalue weighted by Crippen LogP contribution is -2.43. The van der Waals surface area contributed by atoms with Gasteiger partial charge in [-0.3, -0.25) is 0 Å². The number of urea groups is 1. The number of benzene rings is 1. The van der Waals surface area contributed by atoms with Gasteiger partial charge in [0.25, 0.3) is 0 Å². The van der Waals surface area contributed by atoms with Gasteiger partial charge in [-0.05, 0) is 43.0 Å². The summed E-state index contributed by atoms with van der Waals surface area (Å²) < 4.78 is 13.0. The fourth-order valence-corrected chi connectivity index (χ4v) is 1.87. The minimum Gasteiger partial charge on any atom is -0.337 e. The maximum Gasteiger partial charge on any atom is 0.319 e. The molecule has 0 saturated heterocycles. The van der Waals surface area contributed by atoms with Crippen LogP contribution in [0.15, 0.2) is 24.3 Å². The van der Waals surface area contributed by atoms with Crippen LogP contribution in [0.5, 0.6) is 0 Å². The number of halogens is 1. The highest BCUT2D eigenvalue weighted by Gasteiger charge is 2.24. The summed E-state index contributed by atoms with van der Waals surface area (Å²) in [5.41, 5.74) is 6.13. The van der Waals surface area contributed by atoms with Crippen LogP contribution in [-0.4, -0.2) is 19.1 Å². The molecule has 5 heteroatoms. The molecule has 4 N–H and O–H groups in total. The van der Waals surface area contributed by atoms with Gasteiger partial charge in [0, 0.05) is 12.2 Å². The van der Waals surface area contributed by atoms with E-state index in [1.165, 1.54) is 12.1 Å². The second-order valence-corrected chi connectivity index (χ2v) is 4.73. The van der Waals surface area contributed by atoms with Crippen molar-refractivity contribution < 1.29 is 9.18 Å². The van der Waals surface area contributed by atoms with Gasteiger partial charge >= 0.3 is 6.03 Å². The number of nitrogens with two attached hydrogens (primary N) is 1. The second kappa shape index (κ2) is 7.09. The Labute approximate surface area is 113 Å². The van der Waals surface area contributed by atoms with E-state index in [0.29, 0.717) is 18.8 Å². The van der Waals surface area contributed by atoms with Crippen molar-refractivity contribution in [1.82, 2.24) is 5.32 Å². The summed E-state index contributed by atoms with van der Waals surface area (Å²) in [6, 6.07) is 5.45. The molecule has 0 bridgehead atoms. The lowest BCUT2D eigenvalue weighted by molar-refractivity contribution is 0.232. The molecule has 19 heavy (non-hydrogen) atoms. The molecule has 1 rings (SSSR count). The Morgan fingerprint density at radius 2 is 2.05 bits per heavy atom. The van der Waals surface area contributed by atoms with Gasteiger partial charge in [0.15, 0.2) is 0 Å². The van der Waals surface area contributed by atoms with Crippen molar-refractivity contribution in [3.05, 3.63) is 30.1 Å². The summed E-state index contributed by atoms with van der Waals surface area (Å²) in [6.45, 7) is 5.16. The number of hydrogen-bond acceptors (Lipinski definition) is 2. The van der Waals surface area contributed by atoms with Crippen molar-refractivity contribution >= 4 is 11.7 Å². The quantitative estimate of drug-likeness (QED) is 0.742. The molecule has 0 fully saturated rings. The topological polar surface area (TPSA) is 67.1 Å². The maximum atomic E-state index is 13.0. The molecule has 0 unspecified atom stereocenters. The van der Waals surface area contributed by atoms with Crippen molar-refractivity contribution in [2.75, 3.05) is 18.4 Å². The molecule has 0 radical (unpaired) electrons. The molecule has 0 heterocycles. The number of nitrogens with one attached hydrogen (secondary N) is 2. The predicted octanol–water partition coefficient (Wildman–Crippen LogP) is 2.71. The Kier molecular flexibility index (Phi) is 5.76. The highest BCUT2D eigenvalue weighted by atomic mass is 19.1. The number of carbonyl (C=O) groups is 1. The van der Waals surface area contributed by atoms with Gasteiger partial charge in [0.1, 0.15) is 5.82 Å². The zero-order valence-electron chi connectivity index (χ0n) is 11.5. The summed E-state index contributed by atoms with van der Waals surface area (Å²) in [4.78, 5) is 11.7. The standard InChI is InChI=1S/C14H22FN3O/c1-3-14(4-2,9-16)10-17-13(19)18-12-7-5-6-11(15)8-12/h5-8H,3-4,9-10,16H2,1-2H3,(H2,17,18,19). The molecule has 0 spiro atoms. The summed E-state index contributed by atoms with van der Waals surface area (Å²) in [7, 11) is 0. The Morgan fingerprint density at radius 3 is 2.58 bits per heavy atom. The van der Waals surface area contributed by atoms with Gasteiger partial charge in [0.05, 0.1) is 0 Å². The molecule has 0 aliphatic rings. The molecule has 1 aromatic carbocycles. The molecular formula is C14H22FN3O. The summed E-state index contributed by atoms with van der Waals surface area (Å²) in [5, 5.41) is 5.39. The van der Waals surface area contributed by atoms with Gasteiger partial charge in [-0.2, -0.15) is 0 Å². The zero-order valence-corrected chi connectivity index (χ0v) is 11.5. The smallest absolute Gasteiger partial charge is 0.319 e. The van der Waals surface area contributed by atoms with Crippen molar-refractivity contribution in [3.63, 3.8) is 0 Å². The van der Waals surface area contributed by atoms with E-state index in [4.69, 9.17) is 5.73 Å². The van der Waals surface area contributed by atoms with Crippen LogP contribution in [0.2, 0.25) is 0 Å². The zero-order chi connectivity index (χ0) is 14.3. The van der Waals surface area contributed by atoms with Gasteiger partial charge in [-0.15, -0.1) is 0 Å². The molecule has 0 aliphatic heterocycles. The van der Waals surface area contributed by atoms with E-state index in [2.05, 4.69) is 24.5 Å². The minimum atomic E-state index is -0.378. The highest BCUT2D eigenvalue weighted by molar-refractivity contribution is 5.89. The largest absolute Gasteiger partial charge is 0.337 e. The fraction of sp³-hybridized carbons (Fsp3) is 0.500. The summed E-state index contributed by atoms with van der Waals surface area (Å²) >= 11 is 0. The van der Waals surface area contributed by atoms with Crippen molar-refractivity contribution in [3.8, 4) is 0 Å². The number of carbonyl (C=O) groups excluding carboxylic acids is 1. The average molecular weight is 267 g/mol. The third-order valence-corrected chi connectivity index (χ3v) is 3.64. The van der Waals surface area contributed by atoms with Gasteiger partial charge < -0.3 is 16.4 Å². The summed E-state index contributed by atoms with van der Waals surface area (Å²) in [6.07, 6.45) is 1.81. The van der Waals surface area contributed by atoms with Gasteiger partial charge in [0.2, 0.25) is 0 Å². The first-order valence-electron chi connectivity index (χ1n) is 6.55. The van der Waals surface area contributed by atoms with Crippen LogP contribution >= 0.6 is 0 Å². The third kappa shape index (κ3) is 4.52. The molecule has 2 amide bonds. The molecule has 0 atom stereocenters. The van der Waals surface area contributed by atoms with Crippen LogP contribution in [0.25, 0.3) is 0 Å².